The number of benzene rings is 7. The van der Waals surface area contributed by atoms with E-state index in [0.29, 0.717) is 109 Å². The first-order valence-electron chi connectivity index (χ1n) is 46.4. The molecule has 0 aliphatic carbocycles. The minimum atomic E-state index is -0.871. The number of hydrogen-bond acceptors (Lipinski definition) is 27. The summed E-state index contributed by atoms with van der Waals surface area (Å²) in [5.41, 5.74) is 20.5. The molecule has 142 heavy (non-hydrogen) atoms. The van der Waals surface area contributed by atoms with Crippen molar-refractivity contribution in [2.24, 2.45) is 18.6 Å². The maximum atomic E-state index is 12.6. The van der Waals surface area contributed by atoms with Crippen molar-refractivity contribution in [1.82, 2.24) is 45.4 Å². The lowest BCUT2D eigenvalue weighted by molar-refractivity contribution is -0.160. The average molecular weight is 1980 g/mol. The summed E-state index contributed by atoms with van der Waals surface area (Å²) in [6.07, 6.45) is 6.78. The Labute approximate surface area is 843 Å². The monoisotopic (exact) mass is 1980 g/mol. The van der Waals surface area contributed by atoms with Gasteiger partial charge in [-0.2, -0.15) is 5.10 Å². The molecule has 4 atom stereocenters. The number of nitrogens with zero attached hydrogens (tertiary/aromatic N) is 6. The molecule has 0 spiro atoms. The first-order valence-corrected chi connectivity index (χ1v) is 46.4. The first kappa shape index (κ1) is 131. The molecule has 4 unspecified atom stereocenters. The van der Waals surface area contributed by atoms with Crippen LogP contribution < -0.4 is 51.3 Å². The molecule has 4 heterocycles. The van der Waals surface area contributed by atoms with Crippen LogP contribution in [0.3, 0.4) is 0 Å². The quantitative estimate of drug-likeness (QED) is 0.00440. The van der Waals surface area contributed by atoms with Crippen LogP contribution in [-0.2, 0) is 117 Å². The molecule has 33 nitrogen and oxygen atoms in total. The van der Waals surface area contributed by atoms with Crippen LogP contribution in [0.2, 0.25) is 0 Å². The zero-order valence-electron chi connectivity index (χ0n) is 83.8. The number of ketones is 2. The van der Waals surface area contributed by atoms with Crippen molar-refractivity contribution in [1.29, 1.82) is 0 Å². The second-order valence-electron chi connectivity index (χ2n) is 32.9. The first-order chi connectivity index (χ1) is 65.9. The number of cyclic esters (lactones) is 1. The molecule has 11 rings (SSSR count). The molecule has 0 saturated carbocycles. The fourth-order valence-electron chi connectivity index (χ4n) is 13.4. The van der Waals surface area contributed by atoms with Crippen LogP contribution in [0.4, 0.5) is 0 Å². The highest BCUT2D eigenvalue weighted by atomic mass is 16.6. The van der Waals surface area contributed by atoms with Gasteiger partial charge in [-0.3, -0.25) is 49.5 Å². The van der Waals surface area contributed by atoms with E-state index in [2.05, 4.69) is 58.2 Å². The Morgan fingerprint density at radius 1 is 0.514 bits per heavy atom. The largest absolute Gasteiger partial charge is 0.503 e. The van der Waals surface area contributed by atoms with E-state index in [1.165, 1.54) is 45.2 Å². The van der Waals surface area contributed by atoms with Crippen molar-refractivity contribution in [3.63, 3.8) is 0 Å². The molecular weight excluding hydrogens is 1820 g/mol. The van der Waals surface area contributed by atoms with Gasteiger partial charge in [-0.25, -0.2) is 9.59 Å². The molecule has 5 amide bonds. The summed E-state index contributed by atoms with van der Waals surface area (Å²) in [4.78, 5) is 123. The number of nitrogens with two attached hydrogens (primary N) is 2. The minimum absolute atomic E-state index is 0. The van der Waals surface area contributed by atoms with Crippen LogP contribution in [0, 0.1) is 20.8 Å². The molecule has 0 bridgehead atoms. The number of hydrogen-bond donors (Lipinski definition) is 9. The second-order valence-corrected chi connectivity index (χ2v) is 32.9. The molecule has 788 valence electrons. The number of aromatic nitrogens is 2. The summed E-state index contributed by atoms with van der Waals surface area (Å²) in [5.74, 6) is 4.32. The molecule has 1 aromatic heterocycles. The highest BCUT2D eigenvalue weighted by Gasteiger charge is 2.32. The highest BCUT2D eigenvalue weighted by molar-refractivity contribution is 6.32. The predicted molar refractivity (Wildman–Crippen MR) is 557 cm³/mol. The third-order valence-electron chi connectivity index (χ3n) is 21.2. The molecule has 8 aromatic rings. The van der Waals surface area contributed by atoms with Crippen molar-refractivity contribution in [3.8, 4) is 28.7 Å². The van der Waals surface area contributed by atoms with Crippen molar-refractivity contribution >= 4 is 59.0 Å². The van der Waals surface area contributed by atoms with Crippen LogP contribution >= 0.6 is 0 Å². The number of ether oxygens (including phenoxy) is 8. The zero-order chi connectivity index (χ0) is 103. The molecule has 11 N–H and O–H groups in total. The summed E-state index contributed by atoms with van der Waals surface area (Å²) >= 11 is 0. The lowest BCUT2D eigenvalue weighted by atomic mass is 10.0. The Bertz CT molecular complexity index is 4930. The Morgan fingerprint density at radius 2 is 0.887 bits per heavy atom. The number of esters is 3. The van der Waals surface area contributed by atoms with E-state index in [0.717, 1.165) is 119 Å². The smallest absolute Gasteiger partial charge is 0.397 e. The van der Waals surface area contributed by atoms with Crippen LogP contribution in [0.5, 0.6) is 28.7 Å². The van der Waals surface area contributed by atoms with Gasteiger partial charge in [-0.1, -0.05) is 150 Å². The van der Waals surface area contributed by atoms with Crippen molar-refractivity contribution in [2.75, 3.05) is 88.5 Å². The number of Topliss-reactive ketones (excluding diaryl/α,β-unsaturated/α-hetero) is 2. The van der Waals surface area contributed by atoms with Crippen LogP contribution in [-0.4, -0.2) is 222 Å². The number of carbonyl (C=O) groups is 10. The maximum absolute atomic E-state index is 12.6. The lowest BCUT2D eigenvalue weighted by Gasteiger charge is -2.27. The van der Waals surface area contributed by atoms with E-state index in [1.807, 2.05) is 161 Å². The SMILES string of the molecule is C.C.C.C.CC1CCC(=O)O1.CCOC(=O)C(=O)N(CCCC(C)=O)Cc1ccc(OC)cc1.CCOC(=O)C(=O)N(CCCC(C)O)Cc1ccc(OC)cc1.CNN.COc1ccc(CN)cc1.COc1ccc(CN2CCC(C(C)=O)=C(O)C2=O)cc1.COc1ccc(CN2CCc3c(C)nn(C)c3C2=O)cc1.Cc1ccc(CNC(=O)CCC(C)O)cc1.Cc1ccc(CNCCCC(C)O)cc1. The van der Waals surface area contributed by atoms with E-state index in [-0.39, 0.29) is 96.6 Å². The number of aliphatic hydroxyl groups excluding tert-OH is 4. The number of methoxy groups -OCH3 is 5. The van der Waals surface area contributed by atoms with Gasteiger partial charge in [0.15, 0.2) is 11.5 Å². The number of fused-ring (bicyclic) bond motifs is 1. The zero-order valence-corrected chi connectivity index (χ0v) is 83.8. The Balaban J connectivity index is 0. The van der Waals surface area contributed by atoms with Crippen LogP contribution in [0.15, 0.2) is 181 Å². The Kier molecular flexibility index (Phi) is 68.5. The standard InChI is InChI=1S/C17H25NO5.C17H23NO5.C16H19N3O2.C15H17NO4.C13H19NO2.C13H21NO.C8H11NO.C5H8O2.CH6N2.4CH4/c2*1-4-23-17(21)16(20)18(11-5-6-13(2)19)12-14-7-9-15(22-3)10-8-14;1-11-14-8-9-19(16(20)15(14)18(2)17-11)10-12-4-6-13(21-3)7-5-12;1-10(17)13-7-8-16(15(19)14(13)18)9-11-3-5-12(20-2)6-4-11;1-10-3-6-12(7-4-10)9-14-13(16)8-5-11(2)15;1-11-5-7-13(8-6-11)10-14-9-3-4-12(2)15;1-10-8-4-2-7(6-9)3-5-8;1-4-2-3-5(6)7-4;1-3-2;;;;/h7-10,13,19H,4-6,11-12H2,1-3H3;7-10H,4-6,11-12H2,1-3H3;4-7H,8-10H2,1-3H3;3-6,18H,7-9H2,1-2H3;3-4,6-7,11,15H,5,8-9H2,1-2H3,(H,14,16);5-8,12,14-15H,3-4,9-10H2,1-2H3;2-5H,6,9H2,1H3;4H,2-3H2,1H3;3H,2H2,1H3;4*1H4. The van der Waals surface area contributed by atoms with E-state index in [9.17, 15) is 58.2 Å². The van der Waals surface area contributed by atoms with E-state index in [1.54, 1.807) is 99.2 Å². The number of amides is 5. The van der Waals surface area contributed by atoms with Crippen molar-refractivity contribution < 1.29 is 106 Å². The number of rotatable bonds is 36. The van der Waals surface area contributed by atoms with Crippen LogP contribution in [0.1, 0.15) is 228 Å². The number of aryl methyl sites for hydroxylation is 4. The van der Waals surface area contributed by atoms with Gasteiger partial charge >= 0.3 is 29.7 Å². The topological polar surface area (TPSA) is 444 Å². The molecule has 1 saturated heterocycles. The normalized spacial score (nSPS) is 12.8. The van der Waals surface area contributed by atoms with E-state index >= 15 is 0 Å². The molecular formula is C109H165N11O22. The highest BCUT2D eigenvalue weighted by Crippen LogP contribution is 2.26. The van der Waals surface area contributed by atoms with Gasteiger partial charge in [0.2, 0.25) is 5.91 Å². The molecule has 7 aromatic carbocycles. The Morgan fingerprint density at radius 3 is 1.25 bits per heavy atom. The van der Waals surface area contributed by atoms with Gasteiger partial charge in [-0.15, -0.1) is 0 Å². The summed E-state index contributed by atoms with van der Waals surface area (Å²) in [6.45, 7) is 26.2. The van der Waals surface area contributed by atoms with Gasteiger partial charge < -0.3 is 99.1 Å². The number of aliphatic hydroxyl groups is 4. The fraction of sp³-hybridized carbons (Fsp3) is 0.477. The summed E-state index contributed by atoms with van der Waals surface area (Å²) in [6, 6.07) is 54.1. The van der Waals surface area contributed by atoms with Crippen LogP contribution in [0.25, 0.3) is 0 Å². The molecule has 1 fully saturated rings. The van der Waals surface area contributed by atoms with Crippen molar-refractivity contribution in [3.05, 3.63) is 248 Å². The second kappa shape index (κ2) is 74.1. The fourth-order valence-corrected chi connectivity index (χ4v) is 13.4. The Hall–Kier alpha value is -12.9. The maximum Gasteiger partial charge on any atom is 0.397 e. The molecule has 3 aliphatic heterocycles. The number of carbonyl (C=O) groups excluding carboxylic acids is 10. The third kappa shape index (κ3) is 52.6. The molecule has 3 aliphatic rings. The summed E-state index contributed by atoms with van der Waals surface area (Å²) in [5, 5.41) is 47.8. The molecule has 33 heteroatoms. The van der Waals surface area contributed by atoms with Gasteiger partial charge in [-0.05, 0) is 247 Å². The number of hydrazine groups is 1. The van der Waals surface area contributed by atoms with E-state index < -0.39 is 47.6 Å². The summed E-state index contributed by atoms with van der Waals surface area (Å²) < 4.78 is 41.4. The van der Waals surface area contributed by atoms with E-state index in [4.69, 9.17) is 53.8 Å². The predicted octanol–water partition coefficient (Wildman–Crippen LogP) is 15.0. The van der Waals surface area contributed by atoms with Gasteiger partial charge in [0.1, 0.15) is 40.2 Å². The number of nitrogens with one attached hydrogen (secondary N) is 3. The van der Waals surface area contributed by atoms with Gasteiger partial charge in [0.05, 0.1) is 78.9 Å². The van der Waals surface area contributed by atoms with Crippen molar-refractivity contribution in [2.45, 2.75) is 253 Å². The third-order valence-corrected chi connectivity index (χ3v) is 21.2. The van der Waals surface area contributed by atoms with Gasteiger partial charge in [0.25, 0.3) is 11.8 Å². The molecule has 0 radical (unpaired) electrons. The minimum Gasteiger partial charge on any atom is -0.503 e. The summed E-state index contributed by atoms with van der Waals surface area (Å²) in [7, 11) is 11.5. The van der Waals surface area contributed by atoms with Gasteiger partial charge in [0, 0.05) is 109 Å². The average Bonchev–Trinajstić information content (AvgIpc) is 1.64. The lowest BCUT2D eigenvalue weighted by Crippen LogP contribution is -2.38.